The lowest BCUT2D eigenvalue weighted by molar-refractivity contribution is -0.138. The van der Waals surface area contributed by atoms with Gasteiger partial charge in [-0.1, -0.05) is 59.3 Å². The van der Waals surface area contributed by atoms with Crippen LogP contribution in [-0.4, -0.2) is 28.5 Å². The number of rotatable bonds is 6. The molecule has 4 heterocycles. The summed E-state index contributed by atoms with van der Waals surface area (Å²) in [6.07, 6.45) is 1.82. The third-order valence-electron chi connectivity index (χ3n) is 8.00. The van der Waals surface area contributed by atoms with Gasteiger partial charge >= 0.3 is 5.97 Å². The molecule has 0 radical (unpaired) electrons. The Bertz CT molecular complexity index is 2250. The number of carbonyl (C=O) groups is 1. The lowest BCUT2D eigenvalue weighted by Crippen LogP contribution is -2.40. The van der Waals surface area contributed by atoms with Gasteiger partial charge in [0.05, 0.1) is 33.5 Å². The van der Waals surface area contributed by atoms with E-state index in [4.69, 9.17) is 30.8 Å². The first-order valence-corrected chi connectivity index (χ1v) is 15.8. The van der Waals surface area contributed by atoms with Gasteiger partial charge in [0.2, 0.25) is 6.79 Å². The molecule has 3 aromatic carbocycles. The lowest BCUT2D eigenvalue weighted by atomic mass is 9.93. The average molecular weight is 656 g/mol. The lowest BCUT2D eigenvalue weighted by Gasteiger charge is -2.26. The van der Waals surface area contributed by atoms with Crippen molar-refractivity contribution >= 4 is 40.7 Å². The minimum absolute atomic E-state index is 0.0231. The number of esters is 1. The van der Waals surface area contributed by atoms with E-state index in [-0.39, 0.29) is 29.6 Å². The second kappa shape index (κ2) is 11.8. The predicted molar refractivity (Wildman–Crippen MR) is 174 cm³/mol. The third kappa shape index (κ3) is 5.03. The SMILES string of the molecule is CCOC(=O)C1=C(c2ccccc2)N=c2sc(=Cc3cc(C)n(-c4ccc(F)c(Cl)c4)c3C)c(=O)n2C1c1ccc2c(c1)OCO2. The van der Waals surface area contributed by atoms with Crippen LogP contribution in [0.1, 0.15) is 41.0 Å². The molecule has 1 unspecified atom stereocenters. The first-order valence-electron chi connectivity index (χ1n) is 14.6. The maximum absolute atomic E-state index is 14.3. The molecule has 2 aromatic heterocycles. The molecule has 0 aliphatic carbocycles. The average Bonchev–Trinajstić information content (AvgIpc) is 3.73. The molecule has 0 N–H and O–H groups in total. The van der Waals surface area contributed by atoms with E-state index in [0.29, 0.717) is 37.8 Å². The molecule has 0 spiro atoms. The van der Waals surface area contributed by atoms with Crippen LogP contribution in [-0.2, 0) is 9.53 Å². The molecular formula is C35H27ClFN3O5S. The van der Waals surface area contributed by atoms with Gasteiger partial charge in [0, 0.05) is 22.6 Å². The third-order valence-corrected chi connectivity index (χ3v) is 9.28. The molecule has 0 saturated carbocycles. The summed E-state index contributed by atoms with van der Waals surface area (Å²) in [5.74, 6) is 0.0418. The van der Waals surface area contributed by atoms with Crippen LogP contribution in [0.2, 0.25) is 5.02 Å². The Balaban J connectivity index is 1.46. The number of halogens is 2. The normalized spacial score (nSPS) is 15.6. The van der Waals surface area contributed by atoms with Crippen LogP contribution >= 0.6 is 22.9 Å². The Hall–Kier alpha value is -4.93. The maximum Gasteiger partial charge on any atom is 0.338 e. The molecule has 11 heteroatoms. The zero-order valence-corrected chi connectivity index (χ0v) is 26.6. The van der Waals surface area contributed by atoms with Crippen LogP contribution in [0.4, 0.5) is 4.39 Å². The highest BCUT2D eigenvalue weighted by molar-refractivity contribution is 7.07. The van der Waals surface area contributed by atoms with Gasteiger partial charge in [-0.05, 0) is 74.4 Å². The summed E-state index contributed by atoms with van der Waals surface area (Å²) in [7, 11) is 0. The molecule has 0 fully saturated rings. The molecule has 1 atom stereocenters. The van der Waals surface area contributed by atoms with Gasteiger partial charge < -0.3 is 18.8 Å². The first kappa shape index (κ1) is 29.8. The molecule has 7 rings (SSSR count). The summed E-state index contributed by atoms with van der Waals surface area (Å²) in [4.78, 5) is 33.4. The fraction of sp³-hybridized carbons (Fsp3) is 0.171. The van der Waals surface area contributed by atoms with E-state index < -0.39 is 17.8 Å². The van der Waals surface area contributed by atoms with E-state index in [1.807, 2.05) is 67.0 Å². The summed E-state index contributed by atoms with van der Waals surface area (Å²) >= 11 is 7.32. The number of thiazole rings is 1. The molecular weight excluding hydrogens is 629 g/mol. The van der Waals surface area contributed by atoms with Crippen molar-refractivity contribution in [3.8, 4) is 17.2 Å². The van der Waals surface area contributed by atoms with Crippen molar-refractivity contribution in [1.82, 2.24) is 9.13 Å². The molecule has 5 aromatic rings. The minimum atomic E-state index is -0.851. The molecule has 0 saturated heterocycles. The van der Waals surface area contributed by atoms with E-state index in [1.165, 1.54) is 17.4 Å². The monoisotopic (exact) mass is 655 g/mol. The van der Waals surface area contributed by atoms with Crippen LogP contribution in [0.15, 0.2) is 88.2 Å². The van der Waals surface area contributed by atoms with Crippen molar-refractivity contribution in [2.24, 2.45) is 4.99 Å². The summed E-state index contributed by atoms with van der Waals surface area (Å²) < 4.78 is 34.6. The van der Waals surface area contributed by atoms with Gasteiger partial charge in [-0.15, -0.1) is 0 Å². The Kier molecular flexibility index (Phi) is 7.62. The Morgan fingerprint density at radius 1 is 1.09 bits per heavy atom. The van der Waals surface area contributed by atoms with Crippen molar-refractivity contribution in [2.45, 2.75) is 26.8 Å². The molecule has 8 nitrogen and oxygen atoms in total. The van der Waals surface area contributed by atoms with Gasteiger partial charge in [0.15, 0.2) is 16.3 Å². The molecule has 46 heavy (non-hydrogen) atoms. The van der Waals surface area contributed by atoms with Crippen molar-refractivity contribution in [3.05, 3.63) is 137 Å². The van der Waals surface area contributed by atoms with Gasteiger partial charge in [-0.25, -0.2) is 14.2 Å². The number of ether oxygens (including phenoxy) is 3. The topological polar surface area (TPSA) is 84.1 Å². The van der Waals surface area contributed by atoms with Crippen LogP contribution in [0.5, 0.6) is 11.5 Å². The van der Waals surface area contributed by atoms with Crippen LogP contribution < -0.4 is 24.4 Å². The molecule has 2 aliphatic heterocycles. The summed E-state index contributed by atoms with van der Waals surface area (Å²) in [5.41, 5.74) is 4.97. The zero-order valence-electron chi connectivity index (χ0n) is 25.0. The van der Waals surface area contributed by atoms with Gasteiger partial charge in [0.1, 0.15) is 5.82 Å². The van der Waals surface area contributed by atoms with Gasteiger partial charge in [-0.2, -0.15) is 0 Å². The van der Waals surface area contributed by atoms with Crippen LogP contribution in [0, 0.1) is 19.7 Å². The predicted octanol–water partition coefficient (Wildman–Crippen LogP) is 5.86. The number of aryl methyl sites for hydroxylation is 1. The number of hydrogen-bond acceptors (Lipinski definition) is 7. The van der Waals surface area contributed by atoms with Crippen LogP contribution in [0.25, 0.3) is 17.5 Å². The second-order valence-corrected chi connectivity index (χ2v) is 12.2. The van der Waals surface area contributed by atoms with E-state index in [1.54, 1.807) is 35.8 Å². The van der Waals surface area contributed by atoms with E-state index in [9.17, 15) is 14.0 Å². The molecule has 0 bridgehead atoms. The summed E-state index contributed by atoms with van der Waals surface area (Å²) in [6.45, 7) is 5.83. The number of fused-ring (bicyclic) bond motifs is 2. The number of aromatic nitrogens is 2. The summed E-state index contributed by atoms with van der Waals surface area (Å²) in [6, 6.07) is 20.4. The fourth-order valence-corrected chi connectivity index (χ4v) is 7.10. The fourth-order valence-electron chi connectivity index (χ4n) is 5.94. The highest BCUT2D eigenvalue weighted by Gasteiger charge is 2.36. The highest BCUT2D eigenvalue weighted by Crippen LogP contribution is 2.40. The Morgan fingerprint density at radius 2 is 1.87 bits per heavy atom. The Labute approximate surface area is 271 Å². The largest absolute Gasteiger partial charge is 0.463 e. The van der Waals surface area contributed by atoms with E-state index in [0.717, 1.165) is 22.5 Å². The molecule has 0 amide bonds. The Morgan fingerprint density at radius 3 is 2.63 bits per heavy atom. The summed E-state index contributed by atoms with van der Waals surface area (Å²) in [5, 5.41) is 0.0231. The highest BCUT2D eigenvalue weighted by atomic mass is 35.5. The standard InChI is InChI=1S/C35H27ClFN3O5S/c1-4-43-34(42)30-31(21-8-6-5-7-9-21)38-35-40(32(30)22-10-13-27-28(15-22)45-18-44-27)33(41)29(46-35)16-23-14-19(2)39(20(23)3)24-11-12-26(37)25(36)17-24/h5-17,32H,4,18H2,1-3H3. The maximum atomic E-state index is 14.3. The smallest absolute Gasteiger partial charge is 0.338 e. The van der Waals surface area contributed by atoms with Crippen molar-refractivity contribution < 1.29 is 23.4 Å². The number of hydrogen-bond donors (Lipinski definition) is 0. The number of benzene rings is 3. The van der Waals surface area contributed by atoms with Crippen molar-refractivity contribution in [2.75, 3.05) is 13.4 Å². The van der Waals surface area contributed by atoms with Gasteiger partial charge in [0.25, 0.3) is 5.56 Å². The number of nitrogens with zero attached hydrogens (tertiary/aromatic N) is 3. The second-order valence-electron chi connectivity index (χ2n) is 10.8. The zero-order chi connectivity index (χ0) is 32.1. The molecule has 232 valence electrons. The van der Waals surface area contributed by atoms with Gasteiger partial charge in [-0.3, -0.25) is 9.36 Å². The van der Waals surface area contributed by atoms with Crippen LogP contribution in [0.3, 0.4) is 0 Å². The van der Waals surface area contributed by atoms with Crippen molar-refractivity contribution in [3.63, 3.8) is 0 Å². The minimum Gasteiger partial charge on any atom is -0.463 e. The van der Waals surface area contributed by atoms with Crippen molar-refractivity contribution in [1.29, 1.82) is 0 Å². The van der Waals surface area contributed by atoms with E-state index in [2.05, 4.69) is 0 Å². The quantitative estimate of drug-likeness (QED) is 0.214. The number of carbonyl (C=O) groups excluding carboxylic acids is 1. The van der Waals surface area contributed by atoms with E-state index >= 15 is 0 Å². The first-order chi connectivity index (χ1) is 22.2. The molecule has 2 aliphatic rings.